The normalized spacial score (nSPS) is 11.2. The molecule has 0 bridgehead atoms. The Morgan fingerprint density at radius 3 is 2.67 bits per heavy atom. The fourth-order valence-corrected chi connectivity index (χ4v) is 2.93. The van der Waals surface area contributed by atoms with Crippen LogP contribution in [0.2, 0.25) is 0 Å². The molecule has 0 saturated heterocycles. The molecule has 96 valence electrons. The van der Waals surface area contributed by atoms with Crippen molar-refractivity contribution in [3.8, 4) is 11.3 Å². The number of nitrogens with two attached hydrogens (primary N) is 1. The summed E-state index contributed by atoms with van der Waals surface area (Å²) in [5, 5.41) is 4.56. The fourth-order valence-electron chi connectivity index (χ4n) is 2.00. The maximum absolute atomic E-state index is 6.11. The molecule has 18 heavy (non-hydrogen) atoms. The lowest BCUT2D eigenvalue weighted by Gasteiger charge is -2.09. The number of hydrogen-bond acceptors (Lipinski definition) is 2. The minimum absolute atomic E-state index is 0.346. The largest absolute Gasteiger partial charge is 0.384 e. The van der Waals surface area contributed by atoms with Crippen LogP contribution in [0, 0.1) is 3.57 Å². The minimum atomic E-state index is 0.346. The Bertz CT molecular complexity index is 590. The number of anilines is 1. The van der Waals surface area contributed by atoms with Crippen LogP contribution < -0.4 is 5.73 Å². The highest BCUT2D eigenvalue weighted by molar-refractivity contribution is 14.1. The van der Waals surface area contributed by atoms with E-state index in [0.29, 0.717) is 5.92 Å². The molecule has 0 unspecified atom stereocenters. The average Bonchev–Trinajstić information content (AvgIpc) is 2.59. The standard InChI is InChI=1S/C13H15BrIN3/c1-7(2)11-12(17-18(3)13(11)16)9-6-8(15)4-5-10(9)14/h4-7H,16H2,1-3H3. The van der Waals surface area contributed by atoms with Crippen LogP contribution in [0.4, 0.5) is 5.82 Å². The molecule has 2 rings (SSSR count). The second kappa shape index (κ2) is 5.21. The highest BCUT2D eigenvalue weighted by Crippen LogP contribution is 2.36. The highest BCUT2D eigenvalue weighted by atomic mass is 127. The van der Waals surface area contributed by atoms with Gasteiger partial charge < -0.3 is 5.73 Å². The summed E-state index contributed by atoms with van der Waals surface area (Å²) in [6, 6.07) is 6.24. The molecule has 2 N–H and O–H groups in total. The van der Waals surface area contributed by atoms with Gasteiger partial charge in [-0.2, -0.15) is 5.10 Å². The van der Waals surface area contributed by atoms with Crippen LogP contribution in [0.3, 0.4) is 0 Å². The summed E-state index contributed by atoms with van der Waals surface area (Å²) in [4.78, 5) is 0. The van der Waals surface area contributed by atoms with Gasteiger partial charge in [0.1, 0.15) is 5.82 Å². The van der Waals surface area contributed by atoms with Gasteiger partial charge in [-0.3, -0.25) is 4.68 Å². The molecular weight excluding hydrogens is 405 g/mol. The van der Waals surface area contributed by atoms with Crippen molar-refractivity contribution < 1.29 is 0 Å². The van der Waals surface area contributed by atoms with Gasteiger partial charge in [0.25, 0.3) is 0 Å². The summed E-state index contributed by atoms with van der Waals surface area (Å²) in [7, 11) is 1.88. The average molecular weight is 420 g/mol. The molecule has 0 aliphatic carbocycles. The van der Waals surface area contributed by atoms with Crippen LogP contribution in [0.1, 0.15) is 25.3 Å². The van der Waals surface area contributed by atoms with E-state index >= 15 is 0 Å². The first-order chi connectivity index (χ1) is 8.41. The zero-order valence-corrected chi connectivity index (χ0v) is 14.3. The fraction of sp³-hybridized carbons (Fsp3) is 0.308. The Labute approximate surface area is 129 Å². The van der Waals surface area contributed by atoms with E-state index in [-0.39, 0.29) is 0 Å². The Kier molecular flexibility index (Phi) is 4.01. The van der Waals surface area contributed by atoms with E-state index in [1.54, 1.807) is 4.68 Å². The lowest BCUT2D eigenvalue weighted by molar-refractivity contribution is 0.779. The van der Waals surface area contributed by atoms with E-state index in [4.69, 9.17) is 5.73 Å². The van der Waals surface area contributed by atoms with Crippen molar-refractivity contribution in [2.75, 3.05) is 5.73 Å². The first kappa shape index (κ1) is 13.9. The molecule has 3 nitrogen and oxygen atoms in total. The van der Waals surface area contributed by atoms with Crippen molar-refractivity contribution in [1.29, 1.82) is 0 Å². The molecule has 0 spiro atoms. The lowest BCUT2D eigenvalue weighted by atomic mass is 9.99. The number of halogens is 2. The summed E-state index contributed by atoms with van der Waals surface area (Å²) >= 11 is 5.90. The van der Waals surface area contributed by atoms with Gasteiger partial charge in [0.2, 0.25) is 0 Å². The van der Waals surface area contributed by atoms with Gasteiger partial charge >= 0.3 is 0 Å². The Morgan fingerprint density at radius 1 is 1.39 bits per heavy atom. The molecule has 0 aliphatic rings. The molecule has 0 fully saturated rings. The number of aromatic nitrogens is 2. The van der Waals surface area contributed by atoms with Crippen molar-refractivity contribution in [2.45, 2.75) is 19.8 Å². The van der Waals surface area contributed by atoms with Crippen LogP contribution in [0.5, 0.6) is 0 Å². The van der Waals surface area contributed by atoms with Gasteiger partial charge in [0, 0.05) is 26.2 Å². The Morgan fingerprint density at radius 2 is 2.06 bits per heavy atom. The van der Waals surface area contributed by atoms with Crippen molar-refractivity contribution in [2.24, 2.45) is 7.05 Å². The smallest absolute Gasteiger partial charge is 0.125 e. The summed E-state index contributed by atoms with van der Waals surface area (Å²) in [5.41, 5.74) is 9.29. The number of benzene rings is 1. The van der Waals surface area contributed by atoms with Crippen LogP contribution in [0.25, 0.3) is 11.3 Å². The van der Waals surface area contributed by atoms with Crippen LogP contribution >= 0.6 is 38.5 Å². The van der Waals surface area contributed by atoms with Gasteiger partial charge in [0.05, 0.1) is 5.69 Å². The van der Waals surface area contributed by atoms with E-state index in [0.717, 1.165) is 27.1 Å². The molecule has 1 aromatic carbocycles. The maximum Gasteiger partial charge on any atom is 0.125 e. The predicted octanol–water partition coefficient (Wildman–Crippen LogP) is 4.16. The molecule has 2 aromatic rings. The minimum Gasteiger partial charge on any atom is -0.384 e. The molecule has 1 aromatic heterocycles. The summed E-state index contributed by atoms with van der Waals surface area (Å²) < 4.78 is 3.98. The quantitative estimate of drug-likeness (QED) is 0.742. The SMILES string of the molecule is CC(C)c1c(-c2cc(I)ccc2Br)nn(C)c1N. The number of nitrogen functional groups attached to an aromatic ring is 1. The van der Waals surface area contributed by atoms with Crippen molar-refractivity contribution >= 4 is 44.3 Å². The monoisotopic (exact) mass is 419 g/mol. The van der Waals surface area contributed by atoms with E-state index in [9.17, 15) is 0 Å². The Hall–Kier alpha value is -0.560. The van der Waals surface area contributed by atoms with Gasteiger partial charge in [-0.15, -0.1) is 0 Å². The predicted molar refractivity (Wildman–Crippen MR) is 87.6 cm³/mol. The van der Waals surface area contributed by atoms with Crippen LogP contribution in [-0.4, -0.2) is 9.78 Å². The highest BCUT2D eigenvalue weighted by Gasteiger charge is 2.19. The van der Waals surface area contributed by atoms with Gasteiger partial charge in [-0.1, -0.05) is 29.8 Å². The number of nitrogens with zero attached hydrogens (tertiary/aromatic N) is 2. The third-order valence-electron chi connectivity index (χ3n) is 2.89. The van der Waals surface area contributed by atoms with Gasteiger partial charge in [-0.05, 0) is 46.7 Å². The van der Waals surface area contributed by atoms with E-state index in [2.05, 4.69) is 69.6 Å². The van der Waals surface area contributed by atoms with Gasteiger partial charge in [0.15, 0.2) is 0 Å². The molecule has 0 atom stereocenters. The number of hydrogen-bond donors (Lipinski definition) is 1. The third kappa shape index (κ3) is 2.42. The molecule has 0 saturated carbocycles. The molecular formula is C13H15BrIN3. The molecule has 5 heteroatoms. The second-order valence-corrected chi connectivity index (χ2v) is 6.65. The zero-order valence-electron chi connectivity index (χ0n) is 10.5. The lowest BCUT2D eigenvalue weighted by Crippen LogP contribution is -2.00. The summed E-state index contributed by atoms with van der Waals surface area (Å²) in [5.74, 6) is 1.09. The van der Waals surface area contributed by atoms with Crippen molar-refractivity contribution in [3.63, 3.8) is 0 Å². The molecule has 0 amide bonds. The molecule has 0 radical (unpaired) electrons. The van der Waals surface area contributed by atoms with E-state index < -0.39 is 0 Å². The first-order valence-corrected chi connectivity index (χ1v) is 7.56. The summed E-state index contributed by atoms with van der Waals surface area (Å²) in [6.45, 7) is 4.28. The van der Waals surface area contributed by atoms with E-state index in [1.165, 1.54) is 3.57 Å². The maximum atomic E-state index is 6.11. The zero-order chi connectivity index (χ0) is 13.4. The first-order valence-electron chi connectivity index (χ1n) is 5.69. The topological polar surface area (TPSA) is 43.8 Å². The summed E-state index contributed by atoms with van der Waals surface area (Å²) in [6.07, 6.45) is 0. The molecule has 0 aliphatic heterocycles. The number of rotatable bonds is 2. The van der Waals surface area contributed by atoms with Crippen molar-refractivity contribution in [1.82, 2.24) is 9.78 Å². The Balaban J connectivity index is 2.71. The van der Waals surface area contributed by atoms with E-state index in [1.807, 2.05) is 13.1 Å². The molecule has 1 heterocycles. The van der Waals surface area contributed by atoms with Crippen molar-refractivity contribution in [3.05, 3.63) is 31.8 Å². The van der Waals surface area contributed by atoms with Crippen LogP contribution in [0.15, 0.2) is 22.7 Å². The second-order valence-electron chi connectivity index (χ2n) is 4.55. The van der Waals surface area contributed by atoms with Gasteiger partial charge in [-0.25, -0.2) is 0 Å². The van der Waals surface area contributed by atoms with Crippen LogP contribution in [-0.2, 0) is 7.05 Å². The third-order valence-corrected chi connectivity index (χ3v) is 4.25. The number of aryl methyl sites for hydroxylation is 1.